The molecular formula is C15H18O2Te. The predicted molar refractivity (Wildman–Crippen MR) is 73.2 cm³/mol. The second-order valence-electron chi connectivity index (χ2n) is 4.67. The Morgan fingerprint density at radius 1 is 1.28 bits per heavy atom. The Morgan fingerprint density at radius 2 is 2.06 bits per heavy atom. The van der Waals surface area contributed by atoms with Gasteiger partial charge in [-0.05, 0) is 0 Å². The fourth-order valence-corrected chi connectivity index (χ4v) is 5.85. The van der Waals surface area contributed by atoms with Gasteiger partial charge < -0.3 is 0 Å². The van der Waals surface area contributed by atoms with E-state index < -0.39 is 0 Å². The first-order chi connectivity index (χ1) is 8.75. The quantitative estimate of drug-likeness (QED) is 0.598. The molecule has 1 unspecified atom stereocenters. The van der Waals surface area contributed by atoms with E-state index in [0.717, 1.165) is 29.3 Å². The first-order valence-corrected chi connectivity index (χ1v) is 9.46. The first kappa shape index (κ1) is 13.8. The molecule has 1 atom stereocenters. The zero-order valence-corrected chi connectivity index (χ0v) is 12.8. The Bertz CT molecular complexity index is 414. The number of benzene rings is 1. The number of Topliss-reactive ketones (excluding diaryl/α,β-unsaturated/α-hetero) is 2. The fourth-order valence-electron chi connectivity index (χ4n) is 2.21. The third kappa shape index (κ3) is 4.23. The van der Waals surface area contributed by atoms with Crippen LogP contribution in [0.25, 0.3) is 0 Å². The molecule has 0 spiro atoms. The van der Waals surface area contributed by atoms with Gasteiger partial charge in [0.25, 0.3) is 0 Å². The van der Waals surface area contributed by atoms with Crippen LogP contribution in [0.2, 0.25) is 8.43 Å². The molecule has 0 N–H and O–H groups in total. The van der Waals surface area contributed by atoms with Gasteiger partial charge in [0.15, 0.2) is 0 Å². The predicted octanol–water partition coefficient (Wildman–Crippen LogP) is 3.31. The summed E-state index contributed by atoms with van der Waals surface area (Å²) in [5.74, 6) is 0.688. The molecule has 96 valence electrons. The molecule has 2 rings (SSSR count). The minimum atomic E-state index is -0.174. The molecule has 0 aromatic heterocycles. The van der Waals surface area contributed by atoms with Gasteiger partial charge >= 0.3 is 119 Å². The molecule has 1 aliphatic carbocycles. The van der Waals surface area contributed by atoms with Gasteiger partial charge in [-0.3, -0.25) is 0 Å². The topological polar surface area (TPSA) is 34.1 Å². The molecule has 1 fully saturated rings. The van der Waals surface area contributed by atoms with Crippen LogP contribution in [0.15, 0.2) is 30.3 Å². The summed E-state index contributed by atoms with van der Waals surface area (Å²) in [4.78, 5) is 23.3. The summed E-state index contributed by atoms with van der Waals surface area (Å²) in [5.41, 5.74) is 0.824. The summed E-state index contributed by atoms with van der Waals surface area (Å²) in [6.45, 7) is 0. The second kappa shape index (κ2) is 7.07. The van der Waals surface area contributed by atoms with Crippen LogP contribution in [0.4, 0.5) is 0 Å². The van der Waals surface area contributed by atoms with Gasteiger partial charge in [0.1, 0.15) is 0 Å². The average Bonchev–Trinajstić information content (AvgIpc) is 2.40. The van der Waals surface area contributed by atoms with E-state index >= 15 is 0 Å². The Hall–Kier alpha value is -0.650. The van der Waals surface area contributed by atoms with E-state index in [2.05, 4.69) is 0 Å². The molecule has 1 aromatic carbocycles. The van der Waals surface area contributed by atoms with Crippen molar-refractivity contribution in [2.45, 2.75) is 40.5 Å². The third-order valence-electron chi connectivity index (χ3n) is 3.22. The van der Waals surface area contributed by atoms with E-state index in [1.165, 1.54) is 6.42 Å². The van der Waals surface area contributed by atoms with Gasteiger partial charge in [-0.1, -0.05) is 0 Å². The molecule has 18 heavy (non-hydrogen) atoms. The molecule has 1 saturated carbocycles. The Labute approximate surface area is 118 Å². The fraction of sp³-hybridized carbons (Fsp3) is 0.467. The number of rotatable bonds is 5. The van der Waals surface area contributed by atoms with Gasteiger partial charge in [0.05, 0.1) is 0 Å². The molecule has 3 heteroatoms. The monoisotopic (exact) mass is 360 g/mol. The molecule has 1 aliphatic rings. The van der Waals surface area contributed by atoms with E-state index in [1.807, 2.05) is 30.3 Å². The maximum absolute atomic E-state index is 11.9. The first-order valence-electron chi connectivity index (χ1n) is 6.47. The maximum atomic E-state index is 11.9. The van der Waals surface area contributed by atoms with E-state index in [1.54, 1.807) is 0 Å². The molecule has 0 heterocycles. The molecule has 0 bridgehead atoms. The summed E-state index contributed by atoms with van der Waals surface area (Å²) >= 11 is -0.174. The van der Waals surface area contributed by atoms with Crippen LogP contribution in [0, 0.1) is 0 Å². The minimum absolute atomic E-state index is 0.174. The molecule has 0 radical (unpaired) electrons. The average molecular weight is 358 g/mol. The number of ketones is 2. The van der Waals surface area contributed by atoms with E-state index in [9.17, 15) is 9.59 Å². The van der Waals surface area contributed by atoms with Crippen molar-refractivity contribution in [3.8, 4) is 0 Å². The van der Waals surface area contributed by atoms with Gasteiger partial charge in [-0.25, -0.2) is 0 Å². The van der Waals surface area contributed by atoms with E-state index in [0.29, 0.717) is 16.2 Å². The molecule has 0 amide bonds. The molecular weight excluding hydrogens is 340 g/mol. The van der Waals surface area contributed by atoms with Crippen LogP contribution in [-0.4, -0.2) is 32.5 Å². The number of carbonyl (C=O) groups excluding carboxylic acids is 2. The van der Waals surface area contributed by atoms with Crippen molar-refractivity contribution >= 4 is 32.5 Å². The van der Waals surface area contributed by atoms with Crippen LogP contribution in [-0.2, 0) is 4.79 Å². The van der Waals surface area contributed by atoms with Crippen LogP contribution in [0.1, 0.15) is 42.5 Å². The van der Waals surface area contributed by atoms with Crippen molar-refractivity contribution in [2.75, 3.05) is 0 Å². The van der Waals surface area contributed by atoms with Gasteiger partial charge in [-0.2, -0.15) is 0 Å². The zero-order valence-electron chi connectivity index (χ0n) is 10.4. The summed E-state index contributed by atoms with van der Waals surface area (Å²) < 4.78 is 1.69. The van der Waals surface area contributed by atoms with Gasteiger partial charge in [-0.15, -0.1) is 0 Å². The normalized spacial score (nSPS) is 19.8. The summed E-state index contributed by atoms with van der Waals surface area (Å²) in [5, 5.41) is 0. The van der Waals surface area contributed by atoms with Crippen molar-refractivity contribution in [3.05, 3.63) is 35.9 Å². The van der Waals surface area contributed by atoms with Gasteiger partial charge in [0.2, 0.25) is 0 Å². The molecule has 2 nitrogen and oxygen atoms in total. The summed E-state index contributed by atoms with van der Waals surface area (Å²) in [6.07, 6.45) is 4.53. The van der Waals surface area contributed by atoms with Crippen molar-refractivity contribution < 1.29 is 9.59 Å². The Morgan fingerprint density at radius 3 is 2.78 bits per heavy atom. The molecule has 0 aliphatic heterocycles. The zero-order chi connectivity index (χ0) is 12.8. The second-order valence-corrected chi connectivity index (χ2v) is 8.69. The Balaban J connectivity index is 1.72. The summed E-state index contributed by atoms with van der Waals surface area (Å²) in [7, 11) is 0. The van der Waals surface area contributed by atoms with Crippen LogP contribution < -0.4 is 0 Å². The third-order valence-corrected chi connectivity index (χ3v) is 6.96. The van der Waals surface area contributed by atoms with Crippen LogP contribution >= 0.6 is 0 Å². The summed E-state index contributed by atoms with van der Waals surface area (Å²) in [6, 6.07) is 9.51. The van der Waals surface area contributed by atoms with E-state index in [-0.39, 0.29) is 26.7 Å². The van der Waals surface area contributed by atoms with Crippen molar-refractivity contribution in [3.63, 3.8) is 0 Å². The number of hydrogen-bond acceptors (Lipinski definition) is 2. The molecule has 1 aromatic rings. The number of hydrogen-bond donors (Lipinski definition) is 0. The van der Waals surface area contributed by atoms with Crippen LogP contribution in [0.3, 0.4) is 0 Å². The van der Waals surface area contributed by atoms with Gasteiger partial charge in [0, 0.05) is 0 Å². The number of carbonyl (C=O) groups is 2. The standard InChI is InChI=1S/C15H18O2Te/c16-13-7-4-8-14(11-13)18-10-9-15(17)12-5-2-1-3-6-12/h1-3,5-6,14H,4,7-11H2. The molecule has 0 saturated heterocycles. The van der Waals surface area contributed by atoms with Crippen LogP contribution in [0.5, 0.6) is 0 Å². The SMILES string of the molecule is O=C1CCCC([Te]CCC(=O)c2ccccc2)C1. The Kier molecular flexibility index (Phi) is 5.41. The van der Waals surface area contributed by atoms with Crippen molar-refractivity contribution in [1.82, 2.24) is 0 Å². The van der Waals surface area contributed by atoms with E-state index in [4.69, 9.17) is 0 Å². The van der Waals surface area contributed by atoms with Crippen molar-refractivity contribution in [2.24, 2.45) is 0 Å². The van der Waals surface area contributed by atoms with Crippen molar-refractivity contribution in [1.29, 1.82) is 0 Å².